The lowest BCUT2D eigenvalue weighted by atomic mass is 9.95. The van der Waals surface area contributed by atoms with Gasteiger partial charge < -0.3 is 25.9 Å². The van der Waals surface area contributed by atoms with Crippen LogP contribution < -0.4 is 15.8 Å². The molecule has 4 aromatic rings. The van der Waals surface area contributed by atoms with E-state index in [9.17, 15) is 14.7 Å². The van der Waals surface area contributed by atoms with Crippen LogP contribution in [0.25, 0.3) is 10.9 Å². The number of ether oxygens (including phenoxy) is 1. The lowest BCUT2D eigenvalue weighted by Gasteiger charge is -2.22. The van der Waals surface area contributed by atoms with Crippen molar-refractivity contribution < 1.29 is 19.4 Å². The van der Waals surface area contributed by atoms with E-state index in [1.807, 2.05) is 24.3 Å². The number of fused-ring (bicyclic) bond motifs is 1. The number of piperidine rings is 1. The second-order valence-electron chi connectivity index (χ2n) is 9.88. The van der Waals surface area contributed by atoms with Crippen LogP contribution in [0, 0.1) is 5.92 Å². The number of H-pyrrole nitrogens is 1. The molecule has 1 saturated heterocycles. The van der Waals surface area contributed by atoms with E-state index in [4.69, 9.17) is 10.5 Å². The molecule has 0 bridgehead atoms. The first kappa shape index (κ1) is 26.2. The fraction of sp³-hybridized carbons (Fsp3) is 0.258. The molecule has 5 rings (SSSR count). The van der Waals surface area contributed by atoms with Gasteiger partial charge in [-0.2, -0.15) is 0 Å². The number of hydrogen-bond acceptors (Lipinski definition) is 6. The number of amides is 1. The Morgan fingerprint density at radius 3 is 2.62 bits per heavy atom. The molecule has 1 fully saturated rings. The van der Waals surface area contributed by atoms with Crippen LogP contribution in [0.2, 0.25) is 0 Å². The van der Waals surface area contributed by atoms with E-state index in [1.165, 1.54) is 25.3 Å². The zero-order valence-electron chi connectivity index (χ0n) is 21.7. The van der Waals surface area contributed by atoms with Crippen molar-refractivity contribution in [3.05, 3.63) is 89.0 Å². The van der Waals surface area contributed by atoms with Gasteiger partial charge in [0.05, 0.1) is 17.9 Å². The number of nitrogens with two attached hydrogens (primary N) is 1. The number of ketones is 1. The smallest absolute Gasteiger partial charge is 0.248 e. The summed E-state index contributed by atoms with van der Waals surface area (Å²) in [5.41, 5.74) is 8.23. The van der Waals surface area contributed by atoms with Gasteiger partial charge in [0, 0.05) is 33.8 Å². The maximum Gasteiger partial charge on any atom is 0.248 e. The summed E-state index contributed by atoms with van der Waals surface area (Å²) in [4.78, 5) is 31.9. The predicted octanol–water partition coefficient (Wildman–Crippen LogP) is 5.11. The molecule has 1 atom stereocenters. The molecule has 3 aromatic carbocycles. The lowest BCUT2D eigenvalue weighted by Crippen LogP contribution is -2.29. The molecule has 5 N–H and O–H groups in total. The molecular formula is C31H32N4O4. The van der Waals surface area contributed by atoms with Crippen LogP contribution in [0.1, 0.15) is 57.5 Å². The largest absolute Gasteiger partial charge is 0.494 e. The molecule has 200 valence electrons. The minimum atomic E-state index is -0.594. The van der Waals surface area contributed by atoms with Crippen LogP contribution in [0.3, 0.4) is 0 Å². The van der Waals surface area contributed by atoms with E-state index in [-0.39, 0.29) is 17.2 Å². The van der Waals surface area contributed by atoms with E-state index in [0.717, 1.165) is 42.3 Å². The molecule has 0 aliphatic carbocycles. The SMILES string of the molecule is NC(=O)c1cccc(C(=O)c2ccc3c(C=Nc4ccc(OCCCC5CCCNC5)cc4)c(O)[nH]c3c2)c1. The van der Waals surface area contributed by atoms with Gasteiger partial charge in [-0.15, -0.1) is 0 Å². The van der Waals surface area contributed by atoms with Crippen molar-refractivity contribution in [1.29, 1.82) is 0 Å². The van der Waals surface area contributed by atoms with Crippen LogP contribution in [-0.2, 0) is 0 Å². The van der Waals surface area contributed by atoms with Crippen LogP contribution in [0.5, 0.6) is 11.6 Å². The molecule has 39 heavy (non-hydrogen) atoms. The third-order valence-corrected chi connectivity index (χ3v) is 7.09. The number of aromatic hydroxyl groups is 1. The average molecular weight is 525 g/mol. The number of aromatic amines is 1. The number of carbonyl (C=O) groups is 2. The van der Waals surface area contributed by atoms with Crippen molar-refractivity contribution >= 4 is 34.5 Å². The summed E-state index contributed by atoms with van der Waals surface area (Å²) in [7, 11) is 0. The minimum Gasteiger partial charge on any atom is -0.494 e. The highest BCUT2D eigenvalue weighted by Crippen LogP contribution is 2.28. The Morgan fingerprint density at radius 1 is 1.05 bits per heavy atom. The van der Waals surface area contributed by atoms with E-state index in [0.29, 0.717) is 28.8 Å². The monoisotopic (exact) mass is 524 g/mol. The maximum absolute atomic E-state index is 13.0. The van der Waals surface area contributed by atoms with Gasteiger partial charge in [0.1, 0.15) is 5.75 Å². The first-order valence-corrected chi connectivity index (χ1v) is 13.2. The lowest BCUT2D eigenvalue weighted by molar-refractivity contribution is 0.1000. The summed E-state index contributed by atoms with van der Waals surface area (Å²) in [6, 6.07) is 19.0. The fourth-order valence-corrected chi connectivity index (χ4v) is 4.96. The van der Waals surface area contributed by atoms with Crippen LogP contribution in [0.15, 0.2) is 71.7 Å². The number of benzene rings is 3. The Balaban J connectivity index is 1.22. The summed E-state index contributed by atoms with van der Waals surface area (Å²) in [5.74, 6) is 0.680. The Hall–Kier alpha value is -4.43. The van der Waals surface area contributed by atoms with Crippen molar-refractivity contribution in [2.24, 2.45) is 16.6 Å². The number of primary amides is 1. The molecule has 1 amide bonds. The van der Waals surface area contributed by atoms with Gasteiger partial charge in [0.15, 0.2) is 11.7 Å². The summed E-state index contributed by atoms with van der Waals surface area (Å²) in [6.07, 6.45) is 6.39. The van der Waals surface area contributed by atoms with Gasteiger partial charge in [-0.05, 0) is 87.2 Å². The highest BCUT2D eigenvalue weighted by Gasteiger charge is 2.15. The first-order valence-electron chi connectivity index (χ1n) is 13.2. The van der Waals surface area contributed by atoms with Crippen molar-refractivity contribution in [3.8, 4) is 11.6 Å². The number of nitrogens with one attached hydrogen (secondary N) is 2. The number of nitrogens with zero attached hydrogens (tertiary/aromatic N) is 1. The Kier molecular flexibility index (Phi) is 8.03. The van der Waals surface area contributed by atoms with E-state index >= 15 is 0 Å². The van der Waals surface area contributed by atoms with Crippen molar-refractivity contribution in [3.63, 3.8) is 0 Å². The van der Waals surface area contributed by atoms with Gasteiger partial charge >= 0.3 is 0 Å². The Bertz CT molecular complexity index is 1500. The van der Waals surface area contributed by atoms with Crippen LogP contribution in [-0.4, -0.2) is 47.7 Å². The van der Waals surface area contributed by atoms with Crippen molar-refractivity contribution in [2.75, 3.05) is 19.7 Å². The maximum atomic E-state index is 13.0. The Morgan fingerprint density at radius 2 is 1.85 bits per heavy atom. The van der Waals surface area contributed by atoms with E-state index in [2.05, 4.69) is 15.3 Å². The van der Waals surface area contributed by atoms with Gasteiger partial charge in [0.25, 0.3) is 0 Å². The Labute approximate surface area is 226 Å². The molecule has 0 spiro atoms. The summed E-state index contributed by atoms with van der Waals surface area (Å²) in [5, 5.41) is 14.7. The normalized spacial score (nSPS) is 15.5. The van der Waals surface area contributed by atoms with Crippen molar-refractivity contribution in [1.82, 2.24) is 10.3 Å². The number of rotatable bonds is 10. The van der Waals surface area contributed by atoms with Gasteiger partial charge in [0.2, 0.25) is 5.91 Å². The number of aliphatic imine (C=N–C) groups is 1. The van der Waals surface area contributed by atoms with E-state index < -0.39 is 5.91 Å². The third kappa shape index (κ3) is 6.35. The zero-order valence-corrected chi connectivity index (χ0v) is 21.7. The molecule has 1 unspecified atom stereocenters. The van der Waals surface area contributed by atoms with Crippen molar-refractivity contribution in [2.45, 2.75) is 25.7 Å². The second kappa shape index (κ2) is 12.0. The first-order chi connectivity index (χ1) is 19.0. The fourth-order valence-electron chi connectivity index (χ4n) is 4.96. The number of carbonyl (C=O) groups excluding carboxylic acids is 2. The molecular weight excluding hydrogens is 492 g/mol. The molecule has 8 nitrogen and oxygen atoms in total. The molecule has 0 saturated carbocycles. The molecule has 8 heteroatoms. The second-order valence-corrected chi connectivity index (χ2v) is 9.88. The molecule has 1 aromatic heterocycles. The predicted molar refractivity (Wildman–Crippen MR) is 152 cm³/mol. The number of hydrogen-bond donors (Lipinski definition) is 4. The van der Waals surface area contributed by atoms with Crippen LogP contribution in [0.4, 0.5) is 5.69 Å². The van der Waals surface area contributed by atoms with Gasteiger partial charge in [-0.3, -0.25) is 14.6 Å². The summed E-state index contributed by atoms with van der Waals surface area (Å²) >= 11 is 0. The molecule has 0 radical (unpaired) electrons. The molecule has 1 aliphatic heterocycles. The quantitative estimate of drug-likeness (QED) is 0.130. The zero-order chi connectivity index (χ0) is 27.2. The van der Waals surface area contributed by atoms with Gasteiger partial charge in [-0.25, -0.2) is 0 Å². The summed E-state index contributed by atoms with van der Waals surface area (Å²) < 4.78 is 5.89. The third-order valence-electron chi connectivity index (χ3n) is 7.09. The average Bonchev–Trinajstić information content (AvgIpc) is 3.29. The van der Waals surface area contributed by atoms with E-state index in [1.54, 1.807) is 42.6 Å². The molecule has 1 aliphatic rings. The highest BCUT2D eigenvalue weighted by atomic mass is 16.5. The minimum absolute atomic E-state index is 0.0396. The molecule has 2 heterocycles. The standard InChI is InChI=1S/C31H32N4O4/c32-30(37)23-7-1-6-21(16-23)29(36)22-8-13-26-27(31(38)35-28(26)17-22)19-34-24-9-11-25(12-10-24)39-15-3-5-20-4-2-14-33-18-20/h1,6-13,16-17,19-20,33,35,38H,2-5,14-15,18H2,(H2,32,37). The highest BCUT2D eigenvalue weighted by molar-refractivity contribution is 6.12. The van der Waals surface area contributed by atoms with Gasteiger partial charge in [-0.1, -0.05) is 24.3 Å². The number of aromatic nitrogens is 1. The van der Waals surface area contributed by atoms with Crippen LogP contribution >= 0.6 is 0 Å². The topological polar surface area (TPSA) is 130 Å². The summed E-state index contributed by atoms with van der Waals surface area (Å²) in [6.45, 7) is 2.95.